The van der Waals surface area contributed by atoms with Crippen molar-refractivity contribution in [2.75, 3.05) is 0 Å². The summed E-state index contributed by atoms with van der Waals surface area (Å²) in [6.45, 7) is 1.90. The fourth-order valence-corrected chi connectivity index (χ4v) is 3.86. The van der Waals surface area contributed by atoms with Gasteiger partial charge in [0.2, 0.25) is 5.88 Å². The van der Waals surface area contributed by atoms with E-state index in [-0.39, 0.29) is 23.1 Å². The van der Waals surface area contributed by atoms with E-state index < -0.39 is 0 Å². The molecule has 0 saturated carbocycles. The van der Waals surface area contributed by atoms with Gasteiger partial charge in [-0.25, -0.2) is 4.98 Å². The van der Waals surface area contributed by atoms with Crippen LogP contribution in [0.1, 0.15) is 5.56 Å². The van der Waals surface area contributed by atoms with E-state index in [1.54, 1.807) is 54.9 Å². The third-order valence-electron chi connectivity index (χ3n) is 5.35. The monoisotopic (exact) mass is 413 g/mol. The molecular formula is C24H19N3O4. The van der Waals surface area contributed by atoms with E-state index in [0.717, 1.165) is 16.6 Å². The van der Waals surface area contributed by atoms with Crippen LogP contribution in [0.15, 0.2) is 67.0 Å². The zero-order valence-corrected chi connectivity index (χ0v) is 16.5. The molecule has 0 bridgehead atoms. The highest BCUT2D eigenvalue weighted by molar-refractivity contribution is 5.92. The molecule has 2 heterocycles. The zero-order chi connectivity index (χ0) is 21.7. The fourth-order valence-electron chi connectivity index (χ4n) is 3.86. The van der Waals surface area contributed by atoms with E-state index in [0.29, 0.717) is 28.1 Å². The summed E-state index contributed by atoms with van der Waals surface area (Å²) in [5, 5.41) is 42.3. The molecule has 0 saturated heterocycles. The molecule has 5 aromatic rings. The fraction of sp³-hybridized carbons (Fsp3) is 0.0417. The van der Waals surface area contributed by atoms with E-state index in [9.17, 15) is 20.4 Å². The van der Waals surface area contributed by atoms with Gasteiger partial charge in [0.05, 0.1) is 34.3 Å². The maximum atomic E-state index is 11.0. The Bertz CT molecular complexity index is 1430. The zero-order valence-electron chi connectivity index (χ0n) is 16.5. The van der Waals surface area contributed by atoms with Gasteiger partial charge in [0.1, 0.15) is 11.5 Å². The van der Waals surface area contributed by atoms with E-state index in [1.165, 1.54) is 16.7 Å². The summed E-state index contributed by atoms with van der Waals surface area (Å²) >= 11 is 0. The molecule has 0 aliphatic rings. The van der Waals surface area contributed by atoms with Crippen LogP contribution in [0.4, 0.5) is 0 Å². The summed E-state index contributed by atoms with van der Waals surface area (Å²) in [6.07, 6.45) is 1.58. The lowest BCUT2D eigenvalue weighted by atomic mass is 9.98. The molecular weight excluding hydrogens is 394 g/mol. The standard InChI is InChI=1S/C24H19N3O4/c1-13-2-9-20(29)17(10-13)22-21(14-3-6-16(28)7-4-14)23(30)24(31)27(22)15-5-8-18-19(11-15)26-12-25-18/h2-12,28-31H,1H3,(H,25,26). The Labute approximate surface area is 177 Å². The third-order valence-corrected chi connectivity index (χ3v) is 5.35. The van der Waals surface area contributed by atoms with Crippen molar-refractivity contribution in [1.29, 1.82) is 0 Å². The minimum absolute atomic E-state index is 0.00648. The number of phenolic OH excluding ortho intramolecular Hbond substituents is 2. The van der Waals surface area contributed by atoms with Gasteiger partial charge in [0.15, 0.2) is 5.75 Å². The van der Waals surface area contributed by atoms with Gasteiger partial charge in [-0.1, -0.05) is 23.8 Å². The average molecular weight is 413 g/mol. The second-order valence-corrected chi connectivity index (χ2v) is 7.40. The Hall–Kier alpha value is -4.39. The van der Waals surface area contributed by atoms with Crippen LogP contribution in [0.2, 0.25) is 0 Å². The molecule has 0 radical (unpaired) electrons. The van der Waals surface area contributed by atoms with Crippen molar-refractivity contribution < 1.29 is 20.4 Å². The Balaban J connectivity index is 1.89. The summed E-state index contributed by atoms with van der Waals surface area (Å²) in [7, 11) is 0. The number of benzene rings is 3. The number of hydrogen-bond acceptors (Lipinski definition) is 5. The number of H-pyrrole nitrogens is 1. The Morgan fingerprint density at radius 2 is 1.65 bits per heavy atom. The number of aromatic nitrogens is 3. The highest BCUT2D eigenvalue weighted by Gasteiger charge is 2.27. The van der Waals surface area contributed by atoms with Crippen LogP contribution in [-0.4, -0.2) is 35.0 Å². The maximum Gasteiger partial charge on any atom is 0.240 e. The Kier molecular flexibility index (Phi) is 4.11. The molecule has 31 heavy (non-hydrogen) atoms. The Morgan fingerprint density at radius 1 is 0.871 bits per heavy atom. The quantitative estimate of drug-likeness (QED) is 0.291. The lowest BCUT2D eigenvalue weighted by molar-refractivity contribution is 0.388. The number of imidazole rings is 1. The first-order chi connectivity index (χ1) is 14.9. The Morgan fingerprint density at radius 3 is 2.42 bits per heavy atom. The van der Waals surface area contributed by atoms with E-state index >= 15 is 0 Å². The van der Waals surface area contributed by atoms with Gasteiger partial charge in [-0.15, -0.1) is 0 Å². The number of aryl methyl sites for hydroxylation is 1. The number of nitrogens with one attached hydrogen (secondary N) is 1. The van der Waals surface area contributed by atoms with Crippen molar-refractivity contribution in [3.05, 3.63) is 72.6 Å². The van der Waals surface area contributed by atoms with Crippen LogP contribution >= 0.6 is 0 Å². The van der Waals surface area contributed by atoms with Crippen LogP contribution in [0.25, 0.3) is 39.1 Å². The molecule has 3 aromatic carbocycles. The topological polar surface area (TPSA) is 115 Å². The molecule has 5 rings (SSSR count). The maximum absolute atomic E-state index is 11.0. The second-order valence-electron chi connectivity index (χ2n) is 7.40. The molecule has 0 atom stereocenters. The minimum Gasteiger partial charge on any atom is -0.508 e. The molecule has 5 N–H and O–H groups in total. The molecule has 0 amide bonds. The first-order valence-corrected chi connectivity index (χ1v) is 9.63. The highest BCUT2D eigenvalue weighted by Crippen LogP contribution is 2.50. The number of nitrogens with zero attached hydrogens (tertiary/aromatic N) is 2. The van der Waals surface area contributed by atoms with Crippen LogP contribution < -0.4 is 0 Å². The summed E-state index contributed by atoms with van der Waals surface area (Å²) in [5.41, 5.74) is 4.77. The van der Waals surface area contributed by atoms with Crippen molar-refractivity contribution in [2.24, 2.45) is 0 Å². The average Bonchev–Trinajstić information content (AvgIpc) is 3.33. The van der Waals surface area contributed by atoms with Crippen molar-refractivity contribution in [3.8, 4) is 51.2 Å². The van der Waals surface area contributed by atoms with E-state index in [4.69, 9.17) is 0 Å². The lowest BCUT2D eigenvalue weighted by Gasteiger charge is -2.14. The normalized spacial score (nSPS) is 11.3. The van der Waals surface area contributed by atoms with Gasteiger partial charge in [-0.3, -0.25) is 4.57 Å². The largest absolute Gasteiger partial charge is 0.508 e. The minimum atomic E-state index is -0.363. The van der Waals surface area contributed by atoms with Crippen LogP contribution in [-0.2, 0) is 0 Å². The lowest BCUT2D eigenvalue weighted by Crippen LogP contribution is -1.98. The molecule has 0 spiro atoms. The molecule has 2 aromatic heterocycles. The van der Waals surface area contributed by atoms with Crippen LogP contribution in [0.3, 0.4) is 0 Å². The summed E-state index contributed by atoms with van der Waals surface area (Å²) in [6, 6.07) is 16.8. The van der Waals surface area contributed by atoms with Crippen molar-refractivity contribution >= 4 is 11.0 Å². The summed E-state index contributed by atoms with van der Waals surface area (Å²) in [5.74, 6) is -0.604. The smallest absolute Gasteiger partial charge is 0.240 e. The third kappa shape index (κ3) is 2.95. The van der Waals surface area contributed by atoms with Gasteiger partial charge < -0.3 is 25.4 Å². The van der Waals surface area contributed by atoms with Crippen molar-refractivity contribution in [1.82, 2.24) is 14.5 Å². The van der Waals surface area contributed by atoms with Crippen LogP contribution in [0, 0.1) is 6.92 Å². The van der Waals surface area contributed by atoms with Crippen LogP contribution in [0.5, 0.6) is 23.1 Å². The number of rotatable bonds is 3. The predicted octanol–water partition coefficient (Wildman–Crippen LogP) is 4.82. The number of phenols is 2. The van der Waals surface area contributed by atoms with Gasteiger partial charge >= 0.3 is 0 Å². The van der Waals surface area contributed by atoms with Crippen molar-refractivity contribution in [2.45, 2.75) is 6.92 Å². The van der Waals surface area contributed by atoms with Gasteiger partial charge in [-0.05, 0) is 55.0 Å². The number of aromatic amines is 1. The molecule has 0 aliphatic carbocycles. The number of aromatic hydroxyl groups is 4. The second kappa shape index (κ2) is 6.84. The van der Waals surface area contributed by atoms with E-state index in [2.05, 4.69) is 9.97 Å². The predicted molar refractivity (Wildman–Crippen MR) is 118 cm³/mol. The molecule has 0 fully saturated rings. The van der Waals surface area contributed by atoms with E-state index in [1.807, 2.05) is 6.92 Å². The summed E-state index contributed by atoms with van der Waals surface area (Å²) < 4.78 is 1.49. The molecule has 7 nitrogen and oxygen atoms in total. The molecule has 0 unspecified atom stereocenters. The molecule has 0 aliphatic heterocycles. The highest BCUT2D eigenvalue weighted by atomic mass is 16.3. The van der Waals surface area contributed by atoms with Gasteiger partial charge in [0, 0.05) is 5.56 Å². The van der Waals surface area contributed by atoms with Crippen molar-refractivity contribution in [3.63, 3.8) is 0 Å². The number of hydrogen-bond donors (Lipinski definition) is 5. The number of fused-ring (bicyclic) bond motifs is 1. The molecule has 7 heteroatoms. The SMILES string of the molecule is Cc1ccc(O)c(-c2c(-c3ccc(O)cc3)c(O)c(O)n2-c2ccc3nc[nH]c3c2)c1. The first-order valence-electron chi connectivity index (χ1n) is 9.63. The van der Waals surface area contributed by atoms with Gasteiger partial charge in [-0.2, -0.15) is 0 Å². The summed E-state index contributed by atoms with van der Waals surface area (Å²) in [4.78, 5) is 7.26. The van der Waals surface area contributed by atoms with Gasteiger partial charge in [0.25, 0.3) is 0 Å². The molecule has 154 valence electrons. The first kappa shape index (κ1) is 18.6.